The Balaban J connectivity index is 2.29. The van der Waals surface area contributed by atoms with Crippen LogP contribution in [0.2, 0.25) is 0 Å². The van der Waals surface area contributed by atoms with Gasteiger partial charge < -0.3 is 0 Å². The van der Waals surface area contributed by atoms with Gasteiger partial charge in [-0.1, -0.05) is 21.8 Å². The number of nitrogens with zero attached hydrogens (tertiary/aromatic N) is 1. The SMILES string of the molecule is Cc1c(C)c2c3c(c1C)C(C)(C)P(C)c1c(C)c(C)c(C)[n+](c1-3)C2. The van der Waals surface area contributed by atoms with Crippen molar-refractivity contribution in [3.63, 3.8) is 0 Å². The summed E-state index contributed by atoms with van der Waals surface area (Å²) in [6, 6.07) is 0. The van der Waals surface area contributed by atoms with Crippen LogP contribution >= 0.6 is 7.92 Å². The Hall–Kier alpha value is -1.20. The normalized spacial score (nSPS) is 19.6. The molecule has 0 spiro atoms. The van der Waals surface area contributed by atoms with Crippen LogP contribution in [0.15, 0.2) is 0 Å². The molecular formula is C22H29NP+. The molecule has 1 aromatic heterocycles. The van der Waals surface area contributed by atoms with Gasteiger partial charge >= 0.3 is 0 Å². The van der Waals surface area contributed by atoms with Crippen LogP contribution in [0.1, 0.15) is 58.5 Å². The van der Waals surface area contributed by atoms with Crippen LogP contribution in [-0.2, 0) is 11.7 Å². The molecule has 1 aromatic carbocycles. The molecule has 1 unspecified atom stereocenters. The number of pyridine rings is 1. The van der Waals surface area contributed by atoms with E-state index in [1.165, 1.54) is 33.5 Å². The summed E-state index contributed by atoms with van der Waals surface area (Å²) < 4.78 is 2.62. The second-order valence-electron chi connectivity index (χ2n) is 8.34. The standard InChI is InChI=1S/C22H29NP/c1-11-13(3)17-10-23-16(6)12(2)15(5)21-20(23)18(17)19(14(11)4)22(7,8)24(21)9/h10H2,1-9H3/q+1. The molecule has 2 heteroatoms. The number of hydrogen-bond donors (Lipinski definition) is 0. The lowest BCUT2D eigenvalue weighted by molar-refractivity contribution is -0.677. The van der Waals surface area contributed by atoms with Crippen molar-refractivity contribution >= 4 is 13.2 Å². The van der Waals surface area contributed by atoms with E-state index in [4.69, 9.17) is 0 Å². The zero-order valence-electron chi connectivity index (χ0n) is 16.6. The van der Waals surface area contributed by atoms with Gasteiger partial charge in [-0.05, 0) is 69.1 Å². The second-order valence-corrected chi connectivity index (χ2v) is 11.0. The topological polar surface area (TPSA) is 3.88 Å². The van der Waals surface area contributed by atoms with E-state index in [1.807, 2.05) is 0 Å². The van der Waals surface area contributed by atoms with Crippen molar-refractivity contribution in [3.05, 3.63) is 44.6 Å². The van der Waals surface area contributed by atoms with Crippen molar-refractivity contribution in [2.45, 2.75) is 67.1 Å². The lowest BCUT2D eigenvalue weighted by Gasteiger charge is -2.40. The minimum absolute atomic E-state index is 0.229. The van der Waals surface area contributed by atoms with Crippen LogP contribution in [0, 0.1) is 41.5 Å². The Morgan fingerprint density at radius 1 is 0.833 bits per heavy atom. The molecule has 0 fully saturated rings. The summed E-state index contributed by atoms with van der Waals surface area (Å²) in [5, 5.41) is 1.90. The highest BCUT2D eigenvalue weighted by Gasteiger charge is 2.49. The first-order valence-corrected chi connectivity index (χ1v) is 10.8. The molecule has 1 atom stereocenters. The van der Waals surface area contributed by atoms with Gasteiger partial charge in [0.1, 0.15) is 0 Å². The minimum Gasteiger partial charge on any atom is -0.191 e. The minimum atomic E-state index is -0.229. The Kier molecular flexibility index (Phi) is 3.19. The molecule has 4 rings (SSSR count). The van der Waals surface area contributed by atoms with E-state index in [0.717, 1.165) is 6.54 Å². The average molecular weight is 338 g/mol. The summed E-state index contributed by atoms with van der Waals surface area (Å²) >= 11 is 0. The lowest BCUT2D eigenvalue weighted by Crippen LogP contribution is -2.44. The molecule has 0 bridgehead atoms. The number of aromatic nitrogens is 1. The summed E-state index contributed by atoms with van der Waals surface area (Å²) in [6.45, 7) is 22.5. The maximum absolute atomic E-state index is 2.62. The average Bonchev–Trinajstić information content (AvgIpc) is 2.90. The largest absolute Gasteiger partial charge is 0.221 e. The molecule has 0 aliphatic carbocycles. The first-order chi connectivity index (χ1) is 11.1. The number of hydrogen-bond acceptors (Lipinski definition) is 0. The third-order valence-corrected chi connectivity index (χ3v) is 10.3. The van der Waals surface area contributed by atoms with Crippen LogP contribution in [0.4, 0.5) is 0 Å². The van der Waals surface area contributed by atoms with Gasteiger partial charge in [-0.3, -0.25) is 0 Å². The van der Waals surface area contributed by atoms with Crippen LogP contribution in [0.5, 0.6) is 0 Å². The molecule has 2 aliphatic rings. The van der Waals surface area contributed by atoms with E-state index in [0.29, 0.717) is 0 Å². The Bertz CT molecular complexity index is 934. The molecule has 2 aromatic rings. The van der Waals surface area contributed by atoms with E-state index in [2.05, 4.69) is 66.6 Å². The summed E-state index contributed by atoms with van der Waals surface area (Å²) in [5.74, 6) is 0. The Morgan fingerprint density at radius 2 is 1.46 bits per heavy atom. The predicted molar refractivity (Wildman–Crippen MR) is 105 cm³/mol. The van der Waals surface area contributed by atoms with Crippen molar-refractivity contribution in [2.24, 2.45) is 0 Å². The fourth-order valence-corrected chi connectivity index (χ4v) is 7.43. The smallest absolute Gasteiger partial charge is 0.191 e. The highest BCUT2D eigenvalue weighted by molar-refractivity contribution is 7.66. The highest BCUT2D eigenvalue weighted by atomic mass is 31.1. The predicted octanol–water partition coefficient (Wildman–Crippen LogP) is 4.84. The molecule has 126 valence electrons. The van der Waals surface area contributed by atoms with E-state index in [1.54, 1.807) is 27.7 Å². The quantitative estimate of drug-likeness (QED) is 0.408. The fraction of sp³-hybridized carbons (Fsp3) is 0.500. The Morgan fingerprint density at radius 3 is 2.08 bits per heavy atom. The molecule has 0 saturated carbocycles. The molecule has 0 amide bonds. The van der Waals surface area contributed by atoms with Gasteiger partial charge in [0.15, 0.2) is 12.2 Å². The van der Waals surface area contributed by atoms with Crippen molar-refractivity contribution < 1.29 is 4.57 Å². The van der Waals surface area contributed by atoms with Crippen molar-refractivity contribution in [1.29, 1.82) is 0 Å². The molecule has 3 heterocycles. The molecule has 0 saturated heterocycles. The molecule has 1 nitrogen and oxygen atoms in total. The molecule has 0 radical (unpaired) electrons. The van der Waals surface area contributed by atoms with E-state index < -0.39 is 0 Å². The number of benzene rings is 1. The maximum Gasteiger partial charge on any atom is 0.221 e. The molecular weight excluding hydrogens is 309 g/mol. The summed E-state index contributed by atoms with van der Waals surface area (Å²) in [6.07, 6.45) is 0. The van der Waals surface area contributed by atoms with Crippen LogP contribution < -0.4 is 9.87 Å². The molecule has 24 heavy (non-hydrogen) atoms. The van der Waals surface area contributed by atoms with Gasteiger partial charge in [0.2, 0.25) is 5.69 Å². The van der Waals surface area contributed by atoms with Gasteiger partial charge in [-0.2, -0.15) is 4.57 Å². The first kappa shape index (κ1) is 16.3. The monoisotopic (exact) mass is 338 g/mol. The zero-order valence-corrected chi connectivity index (χ0v) is 17.5. The fourth-order valence-electron chi connectivity index (χ4n) is 5.04. The summed E-state index contributed by atoms with van der Waals surface area (Å²) in [4.78, 5) is 0. The van der Waals surface area contributed by atoms with E-state index >= 15 is 0 Å². The van der Waals surface area contributed by atoms with E-state index in [-0.39, 0.29) is 13.1 Å². The Labute approximate surface area is 147 Å². The molecule has 2 aliphatic heterocycles. The van der Waals surface area contributed by atoms with Crippen molar-refractivity contribution in [1.82, 2.24) is 0 Å². The van der Waals surface area contributed by atoms with Crippen LogP contribution in [0.3, 0.4) is 0 Å². The summed E-state index contributed by atoms with van der Waals surface area (Å²) in [7, 11) is -0.229. The van der Waals surface area contributed by atoms with Crippen molar-refractivity contribution in [3.8, 4) is 11.3 Å². The van der Waals surface area contributed by atoms with Crippen LogP contribution in [-0.4, -0.2) is 6.66 Å². The van der Waals surface area contributed by atoms with Gasteiger partial charge in [-0.25, -0.2) is 0 Å². The number of rotatable bonds is 0. The molecule has 0 N–H and O–H groups in total. The van der Waals surface area contributed by atoms with Gasteiger partial charge in [0.25, 0.3) is 0 Å². The third kappa shape index (κ3) is 1.63. The van der Waals surface area contributed by atoms with Crippen LogP contribution in [0.25, 0.3) is 11.3 Å². The third-order valence-electron chi connectivity index (χ3n) is 7.20. The lowest BCUT2D eigenvalue weighted by atomic mass is 9.82. The van der Waals surface area contributed by atoms with Crippen molar-refractivity contribution in [2.75, 3.05) is 6.66 Å². The summed E-state index contributed by atoms with van der Waals surface area (Å²) in [5.41, 5.74) is 15.4. The maximum atomic E-state index is 2.62. The van der Waals surface area contributed by atoms with Gasteiger partial charge in [-0.15, -0.1) is 0 Å². The highest BCUT2D eigenvalue weighted by Crippen LogP contribution is 2.62. The second kappa shape index (κ2) is 4.70. The zero-order chi connectivity index (χ0) is 17.7. The van der Waals surface area contributed by atoms with Gasteiger partial charge in [0, 0.05) is 23.2 Å². The first-order valence-electron chi connectivity index (χ1n) is 9.01. The van der Waals surface area contributed by atoms with E-state index in [9.17, 15) is 0 Å². The van der Waals surface area contributed by atoms with Gasteiger partial charge in [0.05, 0.1) is 10.9 Å².